The summed E-state index contributed by atoms with van der Waals surface area (Å²) in [6, 6.07) is 0. The van der Waals surface area contributed by atoms with Gasteiger partial charge in [0, 0.05) is 39.9 Å². The van der Waals surface area contributed by atoms with E-state index in [4.69, 9.17) is 0 Å². The maximum absolute atomic E-state index is 3.88. The van der Waals surface area contributed by atoms with E-state index >= 15 is 0 Å². The second kappa shape index (κ2) is 6.23. The molecule has 0 aromatic carbocycles. The van der Waals surface area contributed by atoms with Crippen LogP contribution in [0.1, 0.15) is 81.1 Å². The largest absolute Gasteiger partial charge is 0.306 e. The maximum atomic E-state index is 3.88. The standard InChI is InChI=1S/C28H42N2/c1-25(2)13-17(14-26(3,4)29-25)19-9-10-21-20-11-12-22(24(19)21)23(20)18-15-27(5,6)30-28(7,8)16-18/h9-12,20-22,24,29-30H,13-16H2,1-8H3/t20-,21-,22-,24-/m1/s1. The third-order valence-corrected chi connectivity index (χ3v) is 8.11. The van der Waals surface area contributed by atoms with Gasteiger partial charge >= 0.3 is 0 Å². The van der Waals surface area contributed by atoms with E-state index in [1.807, 2.05) is 0 Å². The third kappa shape index (κ3) is 3.39. The van der Waals surface area contributed by atoms with E-state index in [-0.39, 0.29) is 22.2 Å². The molecule has 0 radical (unpaired) electrons. The Labute approximate surface area is 184 Å². The van der Waals surface area contributed by atoms with Crippen molar-refractivity contribution in [2.24, 2.45) is 23.7 Å². The molecule has 0 amide bonds. The fourth-order valence-electron chi connectivity index (χ4n) is 8.25. The van der Waals surface area contributed by atoms with Gasteiger partial charge in [-0.3, -0.25) is 0 Å². The Morgan fingerprint density at radius 1 is 0.633 bits per heavy atom. The molecule has 0 unspecified atom stereocenters. The highest BCUT2D eigenvalue weighted by molar-refractivity contribution is 5.51. The predicted octanol–water partition coefficient (Wildman–Crippen LogP) is 6.08. The second-order valence-corrected chi connectivity index (χ2v) is 13.5. The molecule has 2 saturated heterocycles. The molecule has 2 heteroatoms. The lowest BCUT2D eigenvalue weighted by molar-refractivity contribution is 0.219. The first-order valence-electron chi connectivity index (χ1n) is 12.1. The molecule has 2 bridgehead atoms. The van der Waals surface area contributed by atoms with E-state index in [0.717, 1.165) is 0 Å². The molecule has 0 aromatic rings. The molecular formula is C28H42N2. The highest BCUT2D eigenvalue weighted by Crippen LogP contribution is 2.61. The Morgan fingerprint density at radius 3 is 1.63 bits per heavy atom. The van der Waals surface area contributed by atoms with Gasteiger partial charge in [0.05, 0.1) is 0 Å². The minimum atomic E-state index is 0.174. The molecule has 30 heavy (non-hydrogen) atoms. The van der Waals surface area contributed by atoms with Crippen LogP contribution >= 0.6 is 0 Å². The molecule has 2 heterocycles. The Bertz CT molecular complexity index is 854. The zero-order valence-electron chi connectivity index (χ0n) is 20.4. The fraction of sp³-hybridized carbons (Fsp3) is 0.714. The highest BCUT2D eigenvalue weighted by Gasteiger charge is 2.53. The highest BCUT2D eigenvalue weighted by atomic mass is 15.1. The van der Waals surface area contributed by atoms with E-state index in [9.17, 15) is 0 Å². The van der Waals surface area contributed by atoms with Crippen molar-refractivity contribution in [2.75, 3.05) is 0 Å². The van der Waals surface area contributed by atoms with Crippen LogP contribution in [0.2, 0.25) is 0 Å². The number of hydrogen-bond donors (Lipinski definition) is 2. The van der Waals surface area contributed by atoms with Gasteiger partial charge in [-0.25, -0.2) is 0 Å². The molecule has 4 atom stereocenters. The van der Waals surface area contributed by atoms with Gasteiger partial charge in [0.1, 0.15) is 0 Å². The lowest BCUT2D eigenvalue weighted by Gasteiger charge is -2.45. The molecule has 5 rings (SSSR count). The van der Waals surface area contributed by atoms with Crippen LogP contribution in [-0.4, -0.2) is 22.2 Å². The smallest absolute Gasteiger partial charge is 0.0167 e. The van der Waals surface area contributed by atoms with E-state index in [1.54, 1.807) is 22.3 Å². The normalized spacial score (nSPS) is 39.7. The monoisotopic (exact) mass is 406 g/mol. The van der Waals surface area contributed by atoms with Crippen molar-refractivity contribution in [3.05, 3.63) is 46.6 Å². The summed E-state index contributed by atoms with van der Waals surface area (Å²) in [5, 5.41) is 7.75. The van der Waals surface area contributed by atoms with Gasteiger partial charge in [-0.2, -0.15) is 0 Å². The van der Waals surface area contributed by atoms with Gasteiger partial charge < -0.3 is 10.6 Å². The molecule has 164 valence electrons. The lowest BCUT2D eigenvalue weighted by atomic mass is 9.73. The Hall–Kier alpha value is -1.12. The summed E-state index contributed by atoms with van der Waals surface area (Å²) in [5.41, 5.74) is 7.66. The van der Waals surface area contributed by atoms with Crippen LogP contribution in [0.3, 0.4) is 0 Å². The summed E-state index contributed by atoms with van der Waals surface area (Å²) < 4.78 is 0. The number of piperidine rings is 2. The first kappa shape index (κ1) is 20.8. The number of allylic oxidation sites excluding steroid dienone is 6. The summed E-state index contributed by atoms with van der Waals surface area (Å²) in [4.78, 5) is 0. The van der Waals surface area contributed by atoms with Crippen molar-refractivity contribution in [1.82, 2.24) is 10.6 Å². The van der Waals surface area contributed by atoms with Crippen LogP contribution in [0.25, 0.3) is 0 Å². The van der Waals surface area contributed by atoms with Crippen LogP contribution in [0.4, 0.5) is 0 Å². The Kier molecular flexibility index (Phi) is 4.31. The minimum Gasteiger partial charge on any atom is -0.306 e. The van der Waals surface area contributed by atoms with Crippen LogP contribution in [0, 0.1) is 23.7 Å². The van der Waals surface area contributed by atoms with E-state index in [2.05, 4.69) is 90.3 Å². The van der Waals surface area contributed by atoms with E-state index < -0.39 is 0 Å². The van der Waals surface area contributed by atoms with Gasteiger partial charge in [0.15, 0.2) is 0 Å². The van der Waals surface area contributed by atoms with Crippen molar-refractivity contribution in [3.8, 4) is 0 Å². The first-order valence-corrected chi connectivity index (χ1v) is 12.1. The quantitative estimate of drug-likeness (QED) is 0.476. The third-order valence-electron chi connectivity index (χ3n) is 8.11. The zero-order chi connectivity index (χ0) is 21.7. The van der Waals surface area contributed by atoms with Gasteiger partial charge in [-0.1, -0.05) is 41.0 Å². The van der Waals surface area contributed by atoms with Crippen molar-refractivity contribution in [3.63, 3.8) is 0 Å². The van der Waals surface area contributed by atoms with E-state index in [0.29, 0.717) is 23.7 Å². The molecule has 0 aromatic heterocycles. The van der Waals surface area contributed by atoms with Crippen LogP contribution in [0.15, 0.2) is 46.6 Å². The fourth-order valence-corrected chi connectivity index (χ4v) is 8.25. The summed E-state index contributed by atoms with van der Waals surface area (Å²) in [5.74, 6) is 2.63. The van der Waals surface area contributed by atoms with Crippen LogP contribution in [-0.2, 0) is 0 Å². The predicted molar refractivity (Wildman–Crippen MR) is 127 cm³/mol. The second-order valence-electron chi connectivity index (χ2n) is 13.5. The number of nitrogens with one attached hydrogen (secondary N) is 2. The average Bonchev–Trinajstić information content (AvgIpc) is 3.19. The summed E-state index contributed by atoms with van der Waals surface area (Å²) in [6.45, 7) is 19.0. The van der Waals surface area contributed by atoms with Crippen molar-refractivity contribution in [1.29, 1.82) is 0 Å². The lowest BCUT2D eigenvalue weighted by Crippen LogP contribution is -2.56. The molecule has 0 spiro atoms. The number of rotatable bonds is 0. The molecule has 1 saturated carbocycles. The summed E-state index contributed by atoms with van der Waals surface area (Å²) in [7, 11) is 0. The molecule has 2 nitrogen and oxygen atoms in total. The van der Waals surface area contributed by atoms with Crippen LogP contribution in [0.5, 0.6) is 0 Å². The summed E-state index contributed by atoms with van der Waals surface area (Å²) in [6.07, 6.45) is 14.9. The SMILES string of the molecule is CC1(C)CC(=C2C=C[C@H]3[C@@H]2[C@@H]2C=C[C@H]3C2=C2CC(C)(C)NC(C)(C)C2)CC(C)(C)N1. The Balaban J connectivity index is 1.54. The molecule has 3 fully saturated rings. The summed E-state index contributed by atoms with van der Waals surface area (Å²) >= 11 is 0. The van der Waals surface area contributed by atoms with E-state index in [1.165, 1.54) is 25.7 Å². The van der Waals surface area contributed by atoms with Crippen molar-refractivity contribution in [2.45, 2.75) is 103 Å². The van der Waals surface area contributed by atoms with Gasteiger partial charge in [0.2, 0.25) is 0 Å². The molecular weight excluding hydrogens is 364 g/mol. The Morgan fingerprint density at radius 2 is 1.10 bits per heavy atom. The first-order chi connectivity index (χ1) is 13.8. The number of fused-ring (bicyclic) bond motifs is 5. The van der Waals surface area contributed by atoms with Crippen molar-refractivity contribution < 1.29 is 0 Å². The van der Waals surface area contributed by atoms with Gasteiger partial charge in [0.25, 0.3) is 0 Å². The van der Waals surface area contributed by atoms with Gasteiger partial charge in [-0.15, -0.1) is 0 Å². The molecule has 5 aliphatic rings. The molecule has 2 N–H and O–H groups in total. The zero-order valence-corrected chi connectivity index (χ0v) is 20.4. The number of hydrogen-bond acceptors (Lipinski definition) is 2. The minimum absolute atomic E-state index is 0.174. The van der Waals surface area contributed by atoms with Crippen LogP contribution < -0.4 is 10.6 Å². The molecule has 2 aliphatic heterocycles. The topological polar surface area (TPSA) is 24.1 Å². The van der Waals surface area contributed by atoms with Crippen molar-refractivity contribution >= 4 is 0 Å². The van der Waals surface area contributed by atoms with Gasteiger partial charge in [-0.05, 0) is 92.6 Å². The maximum Gasteiger partial charge on any atom is 0.0167 e. The molecule has 3 aliphatic carbocycles. The average molecular weight is 407 g/mol.